The molecule has 3 rings (SSSR count). The minimum atomic E-state index is -0.630. The van der Waals surface area contributed by atoms with Gasteiger partial charge in [-0.05, 0) is 45.2 Å². The van der Waals surface area contributed by atoms with Crippen molar-refractivity contribution in [1.29, 1.82) is 0 Å². The van der Waals surface area contributed by atoms with Crippen LogP contribution >= 0.6 is 0 Å². The van der Waals surface area contributed by atoms with Crippen LogP contribution in [-0.4, -0.2) is 120 Å². The van der Waals surface area contributed by atoms with Gasteiger partial charge in [-0.1, -0.05) is 0 Å². The Balaban J connectivity index is 1.42. The lowest BCUT2D eigenvalue weighted by molar-refractivity contribution is -0.133. The van der Waals surface area contributed by atoms with Crippen molar-refractivity contribution in [2.75, 3.05) is 78.6 Å². The number of rotatable bonds is 6. The second kappa shape index (κ2) is 9.46. The third-order valence-electron chi connectivity index (χ3n) is 6.23. The van der Waals surface area contributed by atoms with Gasteiger partial charge in [0.2, 0.25) is 5.91 Å². The van der Waals surface area contributed by atoms with Crippen molar-refractivity contribution in [1.82, 2.24) is 19.6 Å². The van der Waals surface area contributed by atoms with E-state index in [1.54, 1.807) is 0 Å². The van der Waals surface area contributed by atoms with E-state index in [9.17, 15) is 9.90 Å². The molecule has 0 saturated carbocycles. The number of carbonyl (C=O) groups excluding carboxylic acids is 1. The molecule has 0 bridgehead atoms. The van der Waals surface area contributed by atoms with E-state index in [1.165, 1.54) is 12.8 Å². The molecule has 26 heavy (non-hydrogen) atoms. The second-order valence-electron chi connectivity index (χ2n) is 8.28. The molecule has 0 aliphatic carbocycles. The predicted molar refractivity (Wildman–Crippen MR) is 101 cm³/mol. The van der Waals surface area contributed by atoms with Crippen LogP contribution in [-0.2, 0) is 4.79 Å². The van der Waals surface area contributed by atoms with E-state index in [1.807, 2.05) is 4.90 Å². The summed E-state index contributed by atoms with van der Waals surface area (Å²) in [7, 11) is 0. The molecule has 1 atom stereocenters. The van der Waals surface area contributed by atoms with Crippen LogP contribution in [0.25, 0.3) is 0 Å². The molecular formula is C19H36N4O3. The molecule has 3 fully saturated rings. The lowest BCUT2D eigenvalue weighted by atomic mass is 9.94. The summed E-state index contributed by atoms with van der Waals surface area (Å²) < 4.78 is 0. The van der Waals surface area contributed by atoms with Crippen molar-refractivity contribution in [3.05, 3.63) is 0 Å². The third kappa shape index (κ3) is 5.63. The van der Waals surface area contributed by atoms with Crippen LogP contribution in [0.4, 0.5) is 0 Å². The zero-order chi connectivity index (χ0) is 18.4. The van der Waals surface area contributed by atoms with E-state index in [-0.39, 0.29) is 12.5 Å². The maximum atomic E-state index is 12.7. The quantitative estimate of drug-likeness (QED) is 0.655. The van der Waals surface area contributed by atoms with Crippen LogP contribution in [0.2, 0.25) is 0 Å². The Morgan fingerprint density at radius 2 is 1.50 bits per heavy atom. The summed E-state index contributed by atoms with van der Waals surface area (Å²) in [6, 6.07) is 0. The minimum absolute atomic E-state index is 0.200. The molecule has 0 unspecified atom stereocenters. The lowest BCUT2D eigenvalue weighted by Gasteiger charge is -2.35. The largest absolute Gasteiger partial charge is 0.395 e. The summed E-state index contributed by atoms with van der Waals surface area (Å²) in [5.74, 6) is 0.200. The van der Waals surface area contributed by atoms with Gasteiger partial charge in [0.1, 0.15) is 0 Å². The summed E-state index contributed by atoms with van der Waals surface area (Å²) in [6.45, 7) is 9.44. The van der Waals surface area contributed by atoms with Gasteiger partial charge in [-0.15, -0.1) is 0 Å². The van der Waals surface area contributed by atoms with Crippen molar-refractivity contribution in [3.8, 4) is 0 Å². The molecule has 3 aliphatic rings. The second-order valence-corrected chi connectivity index (χ2v) is 8.28. The third-order valence-corrected chi connectivity index (χ3v) is 6.23. The number of hydrogen-bond donors (Lipinski definition) is 2. The first-order valence-corrected chi connectivity index (χ1v) is 10.4. The first kappa shape index (κ1) is 20.0. The number of amides is 1. The number of carbonyl (C=O) groups is 1. The summed E-state index contributed by atoms with van der Waals surface area (Å²) in [5.41, 5.74) is -0.630. The van der Waals surface area contributed by atoms with Crippen LogP contribution in [0, 0.1) is 0 Å². The van der Waals surface area contributed by atoms with Gasteiger partial charge in [-0.3, -0.25) is 14.6 Å². The number of aliphatic hydroxyl groups excluding tert-OH is 1. The maximum Gasteiger partial charge on any atom is 0.236 e. The number of hydrogen-bond acceptors (Lipinski definition) is 6. The van der Waals surface area contributed by atoms with E-state index in [2.05, 4.69) is 14.7 Å². The van der Waals surface area contributed by atoms with Crippen molar-refractivity contribution >= 4 is 5.91 Å². The molecule has 150 valence electrons. The van der Waals surface area contributed by atoms with E-state index in [0.717, 1.165) is 71.7 Å². The Morgan fingerprint density at radius 1 is 0.808 bits per heavy atom. The van der Waals surface area contributed by atoms with Crippen LogP contribution in [0.1, 0.15) is 32.1 Å². The van der Waals surface area contributed by atoms with E-state index >= 15 is 0 Å². The molecule has 3 heterocycles. The Morgan fingerprint density at radius 3 is 2.19 bits per heavy atom. The first-order chi connectivity index (χ1) is 12.6. The SMILES string of the molecule is O=C(CN1CCN(CCO)CC1)N1CCC[C@@](O)(CN2CCCC2)CC1. The molecule has 7 heteroatoms. The highest BCUT2D eigenvalue weighted by Crippen LogP contribution is 2.25. The molecule has 0 aromatic rings. The standard InChI is InChI=1S/C19H36N4O3/c24-15-14-20-10-12-21(13-11-20)16-18(25)23-8-3-4-19(26,5-9-23)17-22-6-1-2-7-22/h24,26H,1-17H2/t19-/m0/s1. The topological polar surface area (TPSA) is 70.5 Å². The monoisotopic (exact) mass is 368 g/mol. The van der Waals surface area contributed by atoms with Crippen molar-refractivity contribution in [2.24, 2.45) is 0 Å². The highest BCUT2D eigenvalue weighted by atomic mass is 16.3. The predicted octanol–water partition coefficient (Wildman–Crippen LogP) is -0.564. The fourth-order valence-electron chi connectivity index (χ4n) is 4.55. The van der Waals surface area contributed by atoms with Crippen LogP contribution in [0.15, 0.2) is 0 Å². The number of piperazine rings is 1. The summed E-state index contributed by atoms with van der Waals surface area (Å²) >= 11 is 0. The lowest BCUT2D eigenvalue weighted by Crippen LogP contribution is -2.50. The Bertz CT molecular complexity index is 450. The molecule has 7 nitrogen and oxygen atoms in total. The maximum absolute atomic E-state index is 12.7. The van der Waals surface area contributed by atoms with Gasteiger partial charge in [0, 0.05) is 52.4 Å². The molecule has 0 radical (unpaired) electrons. The molecule has 0 aromatic heterocycles. The Hall–Kier alpha value is -0.730. The van der Waals surface area contributed by atoms with Crippen LogP contribution in [0.3, 0.4) is 0 Å². The number of likely N-dealkylation sites (tertiary alicyclic amines) is 2. The van der Waals surface area contributed by atoms with E-state index in [0.29, 0.717) is 19.5 Å². The fourth-order valence-corrected chi connectivity index (χ4v) is 4.55. The fraction of sp³-hybridized carbons (Fsp3) is 0.947. The number of aliphatic hydroxyl groups is 2. The summed E-state index contributed by atoms with van der Waals surface area (Å²) in [6.07, 6.45) is 4.87. The number of β-amino-alcohol motifs (C(OH)–C–C–N with tert-alkyl or cyclic N) is 2. The highest BCUT2D eigenvalue weighted by Gasteiger charge is 2.34. The van der Waals surface area contributed by atoms with Gasteiger partial charge in [-0.2, -0.15) is 0 Å². The molecule has 3 aliphatic heterocycles. The zero-order valence-electron chi connectivity index (χ0n) is 16.1. The van der Waals surface area contributed by atoms with Gasteiger partial charge < -0.3 is 20.0 Å². The highest BCUT2D eigenvalue weighted by molar-refractivity contribution is 5.78. The van der Waals surface area contributed by atoms with Gasteiger partial charge in [-0.25, -0.2) is 0 Å². The Kier molecular flexibility index (Phi) is 7.28. The molecule has 1 amide bonds. The smallest absolute Gasteiger partial charge is 0.236 e. The average molecular weight is 369 g/mol. The molecular weight excluding hydrogens is 332 g/mol. The number of nitrogens with zero attached hydrogens (tertiary/aromatic N) is 4. The average Bonchev–Trinajstić information content (AvgIpc) is 3.04. The van der Waals surface area contributed by atoms with Crippen molar-refractivity contribution in [2.45, 2.75) is 37.7 Å². The normalized spacial score (nSPS) is 29.8. The zero-order valence-corrected chi connectivity index (χ0v) is 16.1. The van der Waals surface area contributed by atoms with Crippen LogP contribution < -0.4 is 0 Å². The Labute approximate surface area is 157 Å². The van der Waals surface area contributed by atoms with E-state index in [4.69, 9.17) is 5.11 Å². The first-order valence-electron chi connectivity index (χ1n) is 10.4. The van der Waals surface area contributed by atoms with Crippen molar-refractivity contribution < 1.29 is 15.0 Å². The summed E-state index contributed by atoms with van der Waals surface area (Å²) in [4.78, 5) is 21.5. The van der Waals surface area contributed by atoms with Gasteiger partial charge in [0.25, 0.3) is 0 Å². The molecule has 3 saturated heterocycles. The molecule has 2 N–H and O–H groups in total. The molecule has 0 spiro atoms. The van der Waals surface area contributed by atoms with Crippen LogP contribution in [0.5, 0.6) is 0 Å². The summed E-state index contributed by atoms with van der Waals surface area (Å²) in [5, 5.41) is 20.0. The van der Waals surface area contributed by atoms with E-state index < -0.39 is 5.60 Å². The van der Waals surface area contributed by atoms with Gasteiger partial charge >= 0.3 is 0 Å². The van der Waals surface area contributed by atoms with Gasteiger partial charge in [0.05, 0.1) is 18.8 Å². The van der Waals surface area contributed by atoms with Crippen molar-refractivity contribution in [3.63, 3.8) is 0 Å². The van der Waals surface area contributed by atoms with Gasteiger partial charge in [0.15, 0.2) is 0 Å². The minimum Gasteiger partial charge on any atom is -0.395 e. The molecule has 0 aromatic carbocycles.